The zero-order valence-electron chi connectivity index (χ0n) is 8.95. The summed E-state index contributed by atoms with van der Waals surface area (Å²) >= 11 is 12.7. The SMILES string of the molecule is N#Cc1ccc(Oc2ccc(Br)cc2Cl)cc1Br. The van der Waals surface area contributed by atoms with Crippen molar-refractivity contribution in [3.8, 4) is 17.6 Å². The number of hydrogen-bond acceptors (Lipinski definition) is 2. The lowest BCUT2D eigenvalue weighted by atomic mass is 10.2. The van der Waals surface area contributed by atoms with Gasteiger partial charge in [0.05, 0.1) is 10.6 Å². The lowest BCUT2D eigenvalue weighted by molar-refractivity contribution is 0.482. The zero-order chi connectivity index (χ0) is 13.1. The second-order valence-corrected chi connectivity index (χ2v) is 5.61. The fraction of sp³-hybridized carbons (Fsp3) is 0. The molecule has 0 unspecified atom stereocenters. The van der Waals surface area contributed by atoms with Crippen LogP contribution in [0.4, 0.5) is 0 Å². The molecule has 0 aliphatic carbocycles. The molecule has 0 saturated heterocycles. The summed E-state index contributed by atoms with van der Waals surface area (Å²) in [5.41, 5.74) is 0.559. The van der Waals surface area contributed by atoms with Gasteiger partial charge < -0.3 is 4.74 Å². The minimum Gasteiger partial charge on any atom is -0.456 e. The van der Waals surface area contributed by atoms with E-state index in [1.807, 2.05) is 6.07 Å². The molecule has 5 heteroatoms. The molecule has 18 heavy (non-hydrogen) atoms. The number of rotatable bonds is 2. The molecule has 0 amide bonds. The van der Waals surface area contributed by atoms with Gasteiger partial charge in [0.2, 0.25) is 0 Å². The highest BCUT2D eigenvalue weighted by molar-refractivity contribution is 9.10. The average Bonchev–Trinajstić information content (AvgIpc) is 2.33. The molecule has 0 fully saturated rings. The molecule has 2 nitrogen and oxygen atoms in total. The topological polar surface area (TPSA) is 33.0 Å². The first-order valence-corrected chi connectivity index (χ1v) is 6.89. The number of benzene rings is 2. The van der Waals surface area contributed by atoms with Crippen molar-refractivity contribution in [3.05, 3.63) is 55.9 Å². The molecule has 0 aromatic heterocycles. The van der Waals surface area contributed by atoms with E-state index in [9.17, 15) is 0 Å². The summed E-state index contributed by atoms with van der Waals surface area (Å²) in [6.45, 7) is 0. The Morgan fingerprint density at radius 2 is 1.89 bits per heavy atom. The predicted octanol–water partition coefficient (Wildman–Crippen LogP) is 5.53. The summed E-state index contributed by atoms with van der Waals surface area (Å²) in [6.07, 6.45) is 0. The van der Waals surface area contributed by atoms with Gasteiger partial charge in [-0.1, -0.05) is 27.5 Å². The van der Waals surface area contributed by atoms with E-state index < -0.39 is 0 Å². The van der Waals surface area contributed by atoms with Crippen LogP contribution in [0.3, 0.4) is 0 Å². The third-order valence-electron chi connectivity index (χ3n) is 2.18. The van der Waals surface area contributed by atoms with Gasteiger partial charge in [0.15, 0.2) is 0 Å². The van der Waals surface area contributed by atoms with Crippen molar-refractivity contribution in [2.45, 2.75) is 0 Å². The van der Waals surface area contributed by atoms with Crippen LogP contribution in [0.25, 0.3) is 0 Å². The van der Waals surface area contributed by atoms with E-state index in [4.69, 9.17) is 21.6 Å². The molecule has 2 aromatic rings. The van der Waals surface area contributed by atoms with E-state index in [0.717, 1.165) is 4.47 Å². The van der Waals surface area contributed by atoms with Crippen molar-refractivity contribution >= 4 is 43.5 Å². The summed E-state index contributed by atoms with van der Waals surface area (Å²) in [7, 11) is 0. The van der Waals surface area contributed by atoms with Crippen LogP contribution < -0.4 is 4.74 Å². The summed E-state index contributed by atoms with van der Waals surface area (Å²) < 4.78 is 7.23. The molecule has 90 valence electrons. The minimum absolute atomic E-state index is 0.518. The molecule has 2 rings (SSSR count). The summed E-state index contributed by atoms with van der Waals surface area (Å²) in [5, 5.41) is 9.34. The molecule has 0 radical (unpaired) electrons. The Kier molecular flexibility index (Phi) is 4.28. The monoisotopic (exact) mass is 385 g/mol. The molecule has 0 N–H and O–H groups in total. The lowest BCUT2D eigenvalue weighted by Crippen LogP contribution is -1.86. The lowest BCUT2D eigenvalue weighted by Gasteiger charge is -2.08. The largest absolute Gasteiger partial charge is 0.456 e. The molecular formula is C13H6Br2ClNO. The summed E-state index contributed by atoms with van der Waals surface area (Å²) in [6, 6.07) is 12.6. The smallest absolute Gasteiger partial charge is 0.146 e. The van der Waals surface area contributed by atoms with Crippen LogP contribution in [-0.4, -0.2) is 0 Å². The van der Waals surface area contributed by atoms with Crippen molar-refractivity contribution in [1.29, 1.82) is 5.26 Å². The van der Waals surface area contributed by atoms with E-state index in [0.29, 0.717) is 26.6 Å². The number of hydrogen-bond donors (Lipinski definition) is 0. The highest BCUT2D eigenvalue weighted by Gasteiger charge is 2.06. The van der Waals surface area contributed by atoms with E-state index in [1.165, 1.54) is 0 Å². The summed E-state index contributed by atoms with van der Waals surface area (Å²) in [5.74, 6) is 1.18. The third kappa shape index (κ3) is 3.05. The van der Waals surface area contributed by atoms with Gasteiger partial charge in [-0.2, -0.15) is 5.26 Å². The maximum Gasteiger partial charge on any atom is 0.146 e. The Hall–Kier alpha value is -1.02. The van der Waals surface area contributed by atoms with Crippen LogP contribution in [0.5, 0.6) is 11.5 Å². The Morgan fingerprint density at radius 1 is 1.11 bits per heavy atom. The van der Waals surface area contributed by atoms with Crippen molar-refractivity contribution < 1.29 is 4.74 Å². The van der Waals surface area contributed by atoms with Crippen LogP contribution in [0.15, 0.2) is 45.3 Å². The molecule has 0 saturated carbocycles. The predicted molar refractivity (Wildman–Crippen MR) is 78.1 cm³/mol. The van der Waals surface area contributed by atoms with E-state index in [-0.39, 0.29) is 0 Å². The second-order valence-electron chi connectivity index (χ2n) is 3.43. The van der Waals surface area contributed by atoms with Crippen molar-refractivity contribution in [2.24, 2.45) is 0 Å². The first-order chi connectivity index (χ1) is 8.60. The summed E-state index contributed by atoms with van der Waals surface area (Å²) in [4.78, 5) is 0. The van der Waals surface area contributed by atoms with Crippen LogP contribution in [0, 0.1) is 11.3 Å². The molecule has 0 bridgehead atoms. The van der Waals surface area contributed by atoms with E-state index in [2.05, 4.69) is 37.9 Å². The molecular weight excluding hydrogens is 381 g/mol. The van der Waals surface area contributed by atoms with Crippen LogP contribution in [0.1, 0.15) is 5.56 Å². The zero-order valence-corrected chi connectivity index (χ0v) is 12.9. The average molecular weight is 387 g/mol. The Bertz CT molecular complexity index is 637. The molecule has 0 aliphatic heterocycles. The van der Waals surface area contributed by atoms with Gasteiger partial charge in [0.25, 0.3) is 0 Å². The van der Waals surface area contributed by atoms with E-state index >= 15 is 0 Å². The first-order valence-electron chi connectivity index (χ1n) is 4.92. The van der Waals surface area contributed by atoms with Gasteiger partial charge in [-0.15, -0.1) is 0 Å². The fourth-order valence-electron chi connectivity index (χ4n) is 1.33. The molecule has 0 spiro atoms. The number of nitriles is 1. The Balaban J connectivity index is 2.29. The standard InChI is InChI=1S/C13H6Br2ClNO/c14-9-2-4-13(12(16)5-9)18-10-3-1-8(7-17)11(15)6-10/h1-6H. The number of nitrogens with zero attached hydrogens (tertiary/aromatic N) is 1. The maximum absolute atomic E-state index is 8.83. The molecule has 0 aliphatic rings. The number of ether oxygens (including phenoxy) is 1. The van der Waals surface area contributed by atoms with Crippen molar-refractivity contribution in [3.63, 3.8) is 0 Å². The van der Waals surface area contributed by atoms with Gasteiger partial charge in [-0.3, -0.25) is 0 Å². The molecule has 0 heterocycles. The first kappa shape index (κ1) is 13.4. The van der Waals surface area contributed by atoms with Crippen molar-refractivity contribution in [2.75, 3.05) is 0 Å². The molecule has 2 aromatic carbocycles. The number of halogens is 3. The molecule has 0 atom stereocenters. The highest BCUT2D eigenvalue weighted by Crippen LogP contribution is 2.33. The Labute approximate surface area is 126 Å². The van der Waals surface area contributed by atoms with Crippen molar-refractivity contribution in [1.82, 2.24) is 0 Å². The van der Waals surface area contributed by atoms with Gasteiger partial charge >= 0.3 is 0 Å². The minimum atomic E-state index is 0.518. The van der Waals surface area contributed by atoms with Gasteiger partial charge in [0.1, 0.15) is 17.6 Å². The van der Waals surface area contributed by atoms with Crippen LogP contribution >= 0.6 is 43.5 Å². The van der Waals surface area contributed by atoms with Crippen LogP contribution in [0.2, 0.25) is 5.02 Å². The maximum atomic E-state index is 8.83. The fourth-order valence-corrected chi connectivity index (χ4v) is 2.49. The third-order valence-corrected chi connectivity index (χ3v) is 3.63. The second kappa shape index (κ2) is 5.75. The van der Waals surface area contributed by atoms with Gasteiger partial charge in [0, 0.05) is 8.95 Å². The van der Waals surface area contributed by atoms with Gasteiger partial charge in [-0.05, 0) is 52.3 Å². The van der Waals surface area contributed by atoms with E-state index in [1.54, 1.807) is 30.3 Å². The normalized spacial score (nSPS) is 9.89. The highest BCUT2D eigenvalue weighted by atomic mass is 79.9. The van der Waals surface area contributed by atoms with Crippen LogP contribution in [-0.2, 0) is 0 Å². The quantitative estimate of drug-likeness (QED) is 0.679. The Morgan fingerprint density at radius 3 is 2.50 bits per heavy atom. The van der Waals surface area contributed by atoms with Gasteiger partial charge in [-0.25, -0.2) is 0 Å².